The van der Waals surface area contributed by atoms with Crippen LogP contribution < -0.4 is 0 Å². The Morgan fingerprint density at radius 1 is 1.00 bits per heavy atom. The number of hydrogen-bond acceptors (Lipinski definition) is 0. The van der Waals surface area contributed by atoms with Crippen LogP contribution in [0.25, 0.3) is 0 Å². The molecule has 0 amide bonds. The minimum absolute atomic E-state index is 0.248. The molecule has 0 aliphatic carbocycles. The normalized spacial score (nSPS) is 14.1. The molecule has 1 atom stereocenters. The molecule has 0 N–H and O–H groups in total. The zero-order chi connectivity index (χ0) is 13.1. The molecule has 1 heteroatoms. The van der Waals surface area contributed by atoms with Crippen LogP contribution in [-0.2, 0) is 5.41 Å². The van der Waals surface area contributed by atoms with E-state index in [9.17, 15) is 0 Å². The van der Waals surface area contributed by atoms with E-state index in [1.807, 2.05) is 0 Å². The monoisotopic (exact) mass is 296 g/mol. The van der Waals surface area contributed by atoms with Gasteiger partial charge in [0.2, 0.25) is 0 Å². The lowest BCUT2D eigenvalue weighted by Gasteiger charge is -2.20. The van der Waals surface area contributed by atoms with Gasteiger partial charge >= 0.3 is 0 Å². The van der Waals surface area contributed by atoms with Gasteiger partial charge in [0.15, 0.2) is 0 Å². The summed E-state index contributed by atoms with van der Waals surface area (Å²) in [7, 11) is 0. The summed E-state index contributed by atoms with van der Waals surface area (Å²) in [5.74, 6) is 0.781. The Kier molecular flexibility index (Phi) is 5.24. The zero-order valence-electron chi connectivity index (χ0n) is 11.8. The fourth-order valence-electron chi connectivity index (χ4n) is 1.84. The van der Waals surface area contributed by atoms with E-state index in [-0.39, 0.29) is 5.41 Å². The third kappa shape index (κ3) is 4.83. The summed E-state index contributed by atoms with van der Waals surface area (Å²) in [6, 6.07) is 9.05. The van der Waals surface area contributed by atoms with Gasteiger partial charge in [-0.05, 0) is 35.3 Å². The van der Waals surface area contributed by atoms with Gasteiger partial charge in [0.1, 0.15) is 0 Å². The van der Waals surface area contributed by atoms with Crippen LogP contribution >= 0.6 is 15.9 Å². The third-order valence-electron chi connectivity index (χ3n) is 3.14. The van der Waals surface area contributed by atoms with E-state index in [4.69, 9.17) is 0 Å². The van der Waals surface area contributed by atoms with Crippen LogP contribution in [0.1, 0.15) is 63.4 Å². The van der Waals surface area contributed by atoms with Crippen molar-refractivity contribution in [1.29, 1.82) is 0 Å². The summed E-state index contributed by atoms with van der Waals surface area (Å²) in [5.41, 5.74) is 3.06. The van der Waals surface area contributed by atoms with E-state index in [1.165, 1.54) is 24.0 Å². The van der Waals surface area contributed by atoms with Crippen LogP contribution in [0.4, 0.5) is 0 Å². The second kappa shape index (κ2) is 6.04. The second-order valence-electron chi connectivity index (χ2n) is 6.31. The van der Waals surface area contributed by atoms with Crippen molar-refractivity contribution in [3.8, 4) is 0 Å². The number of rotatable bonds is 4. The Bertz CT molecular complexity index is 330. The SMILES string of the molecule is CC(C)CCC(Br)c1ccc(C(C)(C)C)cc1. The van der Waals surface area contributed by atoms with Crippen LogP contribution in [-0.4, -0.2) is 0 Å². The van der Waals surface area contributed by atoms with Gasteiger partial charge < -0.3 is 0 Å². The largest absolute Gasteiger partial charge is 0.0839 e. The number of halogens is 1. The molecule has 0 fully saturated rings. The van der Waals surface area contributed by atoms with Crippen molar-refractivity contribution in [1.82, 2.24) is 0 Å². The lowest BCUT2D eigenvalue weighted by Crippen LogP contribution is -2.10. The smallest absolute Gasteiger partial charge is 0.0395 e. The fraction of sp³-hybridized carbons (Fsp3) is 0.625. The highest BCUT2D eigenvalue weighted by Crippen LogP contribution is 2.31. The van der Waals surface area contributed by atoms with Crippen LogP contribution in [0.3, 0.4) is 0 Å². The first-order chi connectivity index (χ1) is 7.80. The van der Waals surface area contributed by atoms with Crippen LogP contribution in [0.15, 0.2) is 24.3 Å². The fourth-order valence-corrected chi connectivity index (χ4v) is 2.41. The molecule has 0 aromatic heterocycles. The molecule has 17 heavy (non-hydrogen) atoms. The van der Waals surface area contributed by atoms with Crippen molar-refractivity contribution in [2.45, 2.75) is 57.7 Å². The highest BCUT2D eigenvalue weighted by atomic mass is 79.9. The van der Waals surface area contributed by atoms with Gasteiger partial charge in [-0.2, -0.15) is 0 Å². The molecule has 0 saturated heterocycles. The van der Waals surface area contributed by atoms with Gasteiger partial charge in [0, 0.05) is 4.83 Å². The maximum atomic E-state index is 3.79. The van der Waals surface area contributed by atoms with Crippen molar-refractivity contribution >= 4 is 15.9 Å². The average molecular weight is 297 g/mol. The summed E-state index contributed by atoms with van der Waals surface area (Å²) in [4.78, 5) is 0.499. The summed E-state index contributed by atoms with van der Waals surface area (Å²) >= 11 is 3.79. The number of alkyl halides is 1. The van der Waals surface area contributed by atoms with E-state index in [1.54, 1.807) is 0 Å². The highest BCUT2D eigenvalue weighted by molar-refractivity contribution is 9.09. The standard InChI is InChI=1S/C16H25Br/c1-12(2)6-11-15(17)13-7-9-14(10-8-13)16(3,4)5/h7-10,12,15H,6,11H2,1-5H3. The number of hydrogen-bond donors (Lipinski definition) is 0. The summed E-state index contributed by atoms with van der Waals surface area (Å²) in [6.07, 6.45) is 2.49. The topological polar surface area (TPSA) is 0 Å². The predicted molar refractivity (Wildman–Crippen MR) is 80.9 cm³/mol. The van der Waals surface area contributed by atoms with Crippen molar-refractivity contribution in [2.75, 3.05) is 0 Å². The molecule has 0 bridgehead atoms. The first-order valence-corrected chi connectivity index (χ1v) is 7.47. The molecule has 0 nitrogen and oxygen atoms in total. The summed E-state index contributed by atoms with van der Waals surface area (Å²) in [5, 5.41) is 0. The second-order valence-corrected chi connectivity index (χ2v) is 7.42. The molecule has 0 heterocycles. The van der Waals surface area contributed by atoms with E-state index >= 15 is 0 Å². The van der Waals surface area contributed by atoms with Crippen molar-refractivity contribution in [3.05, 3.63) is 35.4 Å². The molecule has 0 saturated carbocycles. The molecule has 1 unspecified atom stereocenters. The minimum atomic E-state index is 0.248. The molecule has 0 spiro atoms. The predicted octanol–water partition coefficient (Wildman–Crippen LogP) is 5.86. The lowest BCUT2D eigenvalue weighted by molar-refractivity contribution is 0.553. The van der Waals surface area contributed by atoms with E-state index < -0.39 is 0 Å². The number of benzene rings is 1. The first kappa shape index (κ1) is 14.8. The van der Waals surface area contributed by atoms with Gasteiger partial charge in [-0.25, -0.2) is 0 Å². The molecule has 0 radical (unpaired) electrons. The average Bonchev–Trinajstić information content (AvgIpc) is 2.25. The van der Waals surface area contributed by atoms with E-state index in [0.717, 1.165) is 5.92 Å². The quantitative estimate of drug-likeness (QED) is 0.611. The first-order valence-electron chi connectivity index (χ1n) is 6.55. The highest BCUT2D eigenvalue weighted by Gasteiger charge is 2.14. The third-order valence-corrected chi connectivity index (χ3v) is 4.12. The Labute approximate surface area is 115 Å². The van der Waals surface area contributed by atoms with Crippen molar-refractivity contribution in [3.63, 3.8) is 0 Å². The summed E-state index contributed by atoms with van der Waals surface area (Å²) < 4.78 is 0. The Morgan fingerprint density at radius 3 is 1.94 bits per heavy atom. The Morgan fingerprint density at radius 2 is 1.53 bits per heavy atom. The molecular formula is C16H25Br. The van der Waals surface area contributed by atoms with Gasteiger partial charge in [-0.15, -0.1) is 0 Å². The van der Waals surface area contributed by atoms with Crippen molar-refractivity contribution < 1.29 is 0 Å². The molecule has 1 rings (SSSR count). The Hall–Kier alpha value is -0.300. The summed E-state index contributed by atoms with van der Waals surface area (Å²) in [6.45, 7) is 11.3. The molecule has 96 valence electrons. The molecule has 0 aliphatic rings. The Balaban J connectivity index is 2.67. The molecular weight excluding hydrogens is 272 g/mol. The van der Waals surface area contributed by atoms with Gasteiger partial charge in [0.25, 0.3) is 0 Å². The van der Waals surface area contributed by atoms with Gasteiger partial charge in [-0.3, -0.25) is 0 Å². The molecule has 0 aliphatic heterocycles. The molecule has 1 aromatic carbocycles. The van der Waals surface area contributed by atoms with Gasteiger partial charge in [0.05, 0.1) is 0 Å². The van der Waals surface area contributed by atoms with Crippen LogP contribution in [0.5, 0.6) is 0 Å². The van der Waals surface area contributed by atoms with Gasteiger partial charge in [-0.1, -0.05) is 74.8 Å². The van der Waals surface area contributed by atoms with Crippen LogP contribution in [0.2, 0.25) is 0 Å². The van der Waals surface area contributed by atoms with Crippen LogP contribution in [0, 0.1) is 5.92 Å². The van der Waals surface area contributed by atoms with E-state index in [0.29, 0.717) is 4.83 Å². The minimum Gasteiger partial charge on any atom is -0.0839 e. The van der Waals surface area contributed by atoms with E-state index in [2.05, 4.69) is 74.8 Å². The lowest BCUT2D eigenvalue weighted by atomic mass is 9.86. The molecule has 1 aromatic rings. The maximum Gasteiger partial charge on any atom is 0.0395 e. The maximum absolute atomic E-state index is 3.79. The zero-order valence-corrected chi connectivity index (χ0v) is 13.3. The van der Waals surface area contributed by atoms with Crippen molar-refractivity contribution in [2.24, 2.45) is 5.92 Å².